The summed E-state index contributed by atoms with van der Waals surface area (Å²) in [5, 5.41) is 0. The normalized spacial score (nSPS) is 11.6. The monoisotopic (exact) mass is 411 g/mol. The van der Waals surface area contributed by atoms with E-state index in [9.17, 15) is 0 Å². The molecule has 0 N–H and O–H groups in total. The molecule has 0 aliphatic heterocycles. The lowest BCUT2D eigenvalue weighted by Crippen LogP contribution is -2.09. The third kappa shape index (κ3) is 24.1. The van der Waals surface area contributed by atoms with Crippen LogP contribution in [0.4, 0.5) is 0 Å². The molecule has 0 amide bonds. The number of rotatable bonds is 25. The molecule has 0 heterocycles. The van der Waals surface area contributed by atoms with Crippen molar-refractivity contribution >= 4 is 0 Å². The van der Waals surface area contributed by atoms with Crippen LogP contribution in [0.2, 0.25) is 0 Å². The molecule has 29 heavy (non-hydrogen) atoms. The van der Waals surface area contributed by atoms with Crippen molar-refractivity contribution in [3.05, 3.63) is 6.29 Å². The number of unbranched alkanes of at least 4 members (excludes halogenated alkanes) is 18. The highest BCUT2D eigenvalue weighted by molar-refractivity contribution is 4.62. The van der Waals surface area contributed by atoms with E-state index in [1.807, 2.05) is 0 Å². The van der Waals surface area contributed by atoms with E-state index >= 15 is 0 Å². The molecular weight excluding hydrogens is 356 g/mol. The van der Waals surface area contributed by atoms with E-state index in [0.29, 0.717) is 0 Å². The van der Waals surface area contributed by atoms with Crippen molar-refractivity contribution in [2.75, 3.05) is 13.2 Å². The second kappa shape index (κ2) is 26.0. The third-order valence-electron chi connectivity index (χ3n) is 5.81. The molecule has 0 rings (SSSR count). The first-order chi connectivity index (χ1) is 14.3. The summed E-state index contributed by atoms with van der Waals surface area (Å²) in [4.78, 5) is 0. The second-order valence-corrected chi connectivity index (χ2v) is 8.79. The molecule has 0 atom stereocenters. The molecule has 0 spiro atoms. The average molecular weight is 412 g/mol. The first-order valence-corrected chi connectivity index (χ1v) is 13.5. The molecule has 2 nitrogen and oxygen atoms in total. The zero-order valence-electron chi connectivity index (χ0n) is 20.6. The minimum Gasteiger partial charge on any atom is -0.345 e. The molecular formula is C27H55O2. The van der Waals surface area contributed by atoms with Gasteiger partial charge in [0.05, 0.1) is 13.2 Å². The molecule has 0 aliphatic carbocycles. The lowest BCUT2D eigenvalue weighted by molar-refractivity contribution is -0.0507. The first kappa shape index (κ1) is 28.9. The summed E-state index contributed by atoms with van der Waals surface area (Å²) in [7, 11) is 0. The zero-order chi connectivity index (χ0) is 21.3. The summed E-state index contributed by atoms with van der Waals surface area (Å²) >= 11 is 0. The van der Waals surface area contributed by atoms with Crippen LogP contribution >= 0.6 is 0 Å². The van der Waals surface area contributed by atoms with Crippen molar-refractivity contribution in [2.45, 2.75) is 156 Å². The average Bonchev–Trinajstić information content (AvgIpc) is 2.74. The number of ether oxygens (including phenoxy) is 2. The number of hydrogen-bond donors (Lipinski definition) is 0. The Morgan fingerprint density at radius 1 is 0.379 bits per heavy atom. The van der Waals surface area contributed by atoms with Crippen molar-refractivity contribution in [2.24, 2.45) is 0 Å². The van der Waals surface area contributed by atoms with Gasteiger partial charge < -0.3 is 9.47 Å². The first-order valence-electron chi connectivity index (χ1n) is 13.5. The van der Waals surface area contributed by atoms with Gasteiger partial charge in [0.15, 0.2) is 0 Å². The van der Waals surface area contributed by atoms with Crippen LogP contribution < -0.4 is 0 Å². The standard InChI is InChI=1S/C27H55O2/c1-4-7-9-11-13-15-17-19-21-23-25-28-27(6-3)29-26-24-22-20-18-16-14-12-10-8-5-2/h4-26H2,1-3H3. The largest absolute Gasteiger partial charge is 0.345 e. The van der Waals surface area contributed by atoms with Gasteiger partial charge in [-0.05, 0) is 12.8 Å². The van der Waals surface area contributed by atoms with E-state index < -0.39 is 0 Å². The van der Waals surface area contributed by atoms with Crippen LogP contribution in [0.5, 0.6) is 0 Å². The Bertz CT molecular complexity index is 254. The predicted molar refractivity (Wildman–Crippen MR) is 129 cm³/mol. The lowest BCUT2D eigenvalue weighted by Gasteiger charge is -2.15. The maximum atomic E-state index is 5.85. The van der Waals surface area contributed by atoms with Gasteiger partial charge in [0.2, 0.25) is 6.29 Å². The van der Waals surface area contributed by atoms with Crippen molar-refractivity contribution in [3.8, 4) is 0 Å². The highest BCUT2D eigenvalue weighted by Crippen LogP contribution is 2.15. The highest BCUT2D eigenvalue weighted by atomic mass is 16.7. The molecule has 0 unspecified atom stereocenters. The molecule has 175 valence electrons. The van der Waals surface area contributed by atoms with Crippen LogP contribution in [0.3, 0.4) is 0 Å². The van der Waals surface area contributed by atoms with E-state index in [2.05, 4.69) is 20.8 Å². The summed E-state index contributed by atoms with van der Waals surface area (Å²) < 4.78 is 11.7. The van der Waals surface area contributed by atoms with Crippen LogP contribution in [-0.4, -0.2) is 13.2 Å². The fraction of sp³-hybridized carbons (Fsp3) is 0.963. The quantitative estimate of drug-likeness (QED) is 0.139. The van der Waals surface area contributed by atoms with E-state index in [-0.39, 0.29) is 0 Å². The minimum atomic E-state index is 0.831. The lowest BCUT2D eigenvalue weighted by atomic mass is 10.1. The van der Waals surface area contributed by atoms with Gasteiger partial charge in [0.1, 0.15) is 0 Å². The maximum Gasteiger partial charge on any atom is 0.223 e. The fourth-order valence-electron chi connectivity index (χ4n) is 3.80. The molecule has 0 fully saturated rings. The molecule has 1 radical (unpaired) electrons. The van der Waals surface area contributed by atoms with E-state index in [1.165, 1.54) is 128 Å². The van der Waals surface area contributed by atoms with Gasteiger partial charge in [-0.2, -0.15) is 0 Å². The zero-order valence-corrected chi connectivity index (χ0v) is 20.6. The van der Waals surface area contributed by atoms with Crippen LogP contribution in [-0.2, 0) is 9.47 Å². The summed E-state index contributed by atoms with van der Waals surface area (Å²) in [6, 6.07) is 0. The Labute approximate surface area is 184 Å². The predicted octanol–water partition coefficient (Wildman–Crippen LogP) is 9.76. The molecule has 0 aliphatic rings. The van der Waals surface area contributed by atoms with E-state index in [0.717, 1.165) is 25.9 Å². The van der Waals surface area contributed by atoms with Crippen LogP contribution in [0, 0.1) is 6.29 Å². The van der Waals surface area contributed by atoms with Gasteiger partial charge in [-0.25, -0.2) is 0 Å². The Kier molecular flexibility index (Phi) is 25.9. The molecule has 0 saturated heterocycles. The Morgan fingerprint density at radius 3 is 0.931 bits per heavy atom. The van der Waals surface area contributed by atoms with Gasteiger partial charge in [-0.1, -0.05) is 136 Å². The second-order valence-electron chi connectivity index (χ2n) is 8.79. The smallest absolute Gasteiger partial charge is 0.223 e. The minimum absolute atomic E-state index is 0.831. The molecule has 0 aromatic carbocycles. The third-order valence-corrected chi connectivity index (χ3v) is 5.81. The van der Waals surface area contributed by atoms with Crippen molar-refractivity contribution in [3.63, 3.8) is 0 Å². The van der Waals surface area contributed by atoms with Gasteiger partial charge in [-0.15, -0.1) is 0 Å². The van der Waals surface area contributed by atoms with Crippen LogP contribution in [0.15, 0.2) is 0 Å². The fourth-order valence-corrected chi connectivity index (χ4v) is 3.80. The SMILES string of the molecule is CCCCCCCCCCCCO[C](CC)OCCCCCCCCCCCC. The molecule has 2 heteroatoms. The van der Waals surface area contributed by atoms with E-state index in [1.54, 1.807) is 0 Å². The molecule has 0 aromatic rings. The summed E-state index contributed by atoms with van der Waals surface area (Å²) in [5.74, 6) is 0. The Balaban J connectivity index is 3.27. The summed E-state index contributed by atoms with van der Waals surface area (Å²) in [6.45, 7) is 8.36. The molecule has 0 aromatic heterocycles. The molecule has 0 saturated carbocycles. The Morgan fingerprint density at radius 2 is 0.655 bits per heavy atom. The maximum absolute atomic E-state index is 5.85. The summed E-state index contributed by atoms with van der Waals surface area (Å²) in [6.07, 6.45) is 29.1. The topological polar surface area (TPSA) is 18.5 Å². The van der Waals surface area contributed by atoms with E-state index in [4.69, 9.17) is 9.47 Å². The van der Waals surface area contributed by atoms with Gasteiger partial charge >= 0.3 is 0 Å². The number of hydrogen-bond acceptors (Lipinski definition) is 2. The highest BCUT2D eigenvalue weighted by Gasteiger charge is 2.08. The van der Waals surface area contributed by atoms with Crippen molar-refractivity contribution in [1.82, 2.24) is 0 Å². The Hall–Kier alpha value is -0.0800. The summed E-state index contributed by atoms with van der Waals surface area (Å²) in [5.41, 5.74) is 0. The molecule has 0 bridgehead atoms. The van der Waals surface area contributed by atoms with Gasteiger partial charge in [-0.3, -0.25) is 0 Å². The van der Waals surface area contributed by atoms with Crippen LogP contribution in [0.25, 0.3) is 0 Å². The van der Waals surface area contributed by atoms with Crippen LogP contribution in [0.1, 0.15) is 156 Å². The van der Waals surface area contributed by atoms with Gasteiger partial charge in [0, 0.05) is 6.42 Å². The van der Waals surface area contributed by atoms with Crippen molar-refractivity contribution in [1.29, 1.82) is 0 Å². The van der Waals surface area contributed by atoms with Gasteiger partial charge in [0.25, 0.3) is 0 Å². The van der Waals surface area contributed by atoms with Crippen molar-refractivity contribution < 1.29 is 9.47 Å².